The number of nitrogens with zero attached hydrogens (tertiary/aromatic N) is 4. The van der Waals surface area contributed by atoms with Crippen LogP contribution in [0, 0.1) is 13.8 Å². The molecule has 1 saturated heterocycles. The van der Waals surface area contributed by atoms with Crippen LogP contribution in [0.4, 0.5) is 5.69 Å². The quantitative estimate of drug-likeness (QED) is 0.674. The minimum absolute atomic E-state index is 0.252. The first kappa shape index (κ1) is 18.0. The molecule has 0 aliphatic carbocycles. The SMILES string of the molecule is Cc1cccc(N2CCN(Cc3nnc(-c4ccc5c(c4)OCO5)o3)CC2)c1C. The average molecular weight is 392 g/mol. The number of fused-ring (bicyclic) bond motifs is 1. The zero-order chi connectivity index (χ0) is 19.8. The van der Waals surface area contributed by atoms with Crippen molar-refractivity contribution in [3.63, 3.8) is 0 Å². The summed E-state index contributed by atoms with van der Waals surface area (Å²) in [5, 5.41) is 8.45. The van der Waals surface area contributed by atoms with Crippen LogP contribution >= 0.6 is 0 Å². The van der Waals surface area contributed by atoms with Gasteiger partial charge in [-0.1, -0.05) is 12.1 Å². The summed E-state index contributed by atoms with van der Waals surface area (Å²) in [5.74, 6) is 2.60. The Labute approximate surface area is 169 Å². The van der Waals surface area contributed by atoms with Crippen LogP contribution in [-0.2, 0) is 6.54 Å². The Morgan fingerprint density at radius 3 is 2.62 bits per heavy atom. The molecule has 0 spiro atoms. The van der Waals surface area contributed by atoms with Crippen molar-refractivity contribution in [2.24, 2.45) is 0 Å². The van der Waals surface area contributed by atoms with E-state index in [2.05, 4.69) is 52.0 Å². The van der Waals surface area contributed by atoms with Gasteiger partial charge in [-0.25, -0.2) is 0 Å². The summed E-state index contributed by atoms with van der Waals surface area (Å²) < 4.78 is 16.7. The maximum absolute atomic E-state index is 5.90. The second-order valence-electron chi connectivity index (χ2n) is 7.55. The van der Waals surface area contributed by atoms with Crippen molar-refractivity contribution in [1.29, 1.82) is 0 Å². The van der Waals surface area contributed by atoms with Gasteiger partial charge in [0.2, 0.25) is 18.6 Å². The monoisotopic (exact) mass is 392 g/mol. The Bertz CT molecular complexity index is 1020. The first-order valence-electron chi connectivity index (χ1n) is 9.93. The van der Waals surface area contributed by atoms with Gasteiger partial charge in [0.15, 0.2) is 11.5 Å². The molecule has 0 bridgehead atoms. The second-order valence-corrected chi connectivity index (χ2v) is 7.55. The molecule has 5 rings (SSSR count). The summed E-state index contributed by atoms with van der Waals surface area (Å²) in [6.07, 6.45) is 0. The molecule has 0 saturated carbocycles. The van der Waals surface area contributed by atoms with E-state index >= 15 is 0 Å². The third kappa shape index (κ3) is 3.53. The summed E-state index contributed by atoms with van der Waals surface area (Å²) in [6, 6.07) is 12.2. The van der Waals surface area contributed by atoms with Crippen LogP contribution in [-0.4, -0.2) is 48.1 Å². The van der Waals surface area contributed by atoms with Crippen molar-refractivity contribution in [1.82, 2.24) is 15.1 Å². The Balaban J connectivity index is 1.22. The zero-order valence-corrected chi connectivity index (χ0v) is 16.7. The van der Waals surface area contributed by atoms with Crippen LogP contribution in [0.25, 0.3) is 11.5 Å². The summed E-state index contributed by atoms with van der Waals surface area (Å²) in [7, 11) is 0. The summed E-state index contributed by atoms with van der Waals surface area (Å²) in [6.45, 7) is 9.21. The van der Waals surface area contributed by atoms with E-state index in [9.17, 15) is 0 Å². The maximum Gasteiger partial charge on any atom is 0.247 e. The van der Waals surface area contributed by atoms with Crippen molar-refractivity contribution in [2.75, 3.05) is 37.9 Å². The van der Waals surface area contributed by atoms with Gasteiger partial charge in [0.05, 0.1) is 6.54 Å². The molecule has 7 nitrogen and oxygen atoms in total. The topological polar surface area (TPSA) is 63.9 Å². The van der Waals surface area contributed by atoms with E-state index in [0.29, 0.717) is 24.1 Å². The lowest BCUT2D eigenvalue weighted by Gasteiger charge is -2.36. The third-order valence-electron chi connectivity index (χ3n) is 5.73. The second kappa shape index (κ2) is 7.40. The minimum Gasteiger partial charge on any atom is -0.454 e. The van der Waals surface area contributed by atoms with Crippen molar-refractivity contribution in [3.8, 4) is 23.0 Å². The van der Waals surface area contributed by atoms with Gasteiger partial charge in [0, 0.05) is 37.4 Å². The first-order valence-corrected chi connectivity index (χ1v) is 9.93. The van der Waals surface area contributed by atoms with E-state index in [1.165, 1.54) is 16.8 Å². The molecule has 29 heavy (non-hydrogen) atoms. The lowest BCUT2D eigenvalue weighted by Crippen LogP contribution is -2.46. The molecule has 2 aliphatic heterocycles. The molecule has 0 unspecified atom stereocenters. The molecule has 3 heterocycles. The fourth-order valence-corrected chi connectivity index (χ4v) is 3.88. The van der Waals surface area contributed by atoms with Gasteiger partial charge < -0.3 is 18.8 Å². The van der Waals surface area contributed by atoms with Gasteiger partial charge in [-0.05, 0) is 49.2 Å². The van der Waals surface area contributed by atoms with Gasteiger partial charge >= 0.3 is 0 Å². The molecule has 2 aliphatic rings. The van der Waals surface area contributed by atoms with Crippen molar-refractivity contribution in [2.45, 2.75) is 20.4 Å². The lowest BCUT2D eigenvalue weighted by atomic mass is 10.1. The molecular weight excluding hydrogens is 368 g/mol. The Morgan fingerprint density at radius 1 is 0.931 bits per heavy atom. The molecule has 1 fully saturated rings. The number of ether oxygens (including phenoxy) is 2. The molecule has 0 N–H and O–H groups in total. The molecule has 0 amide bonds. The lowest BCUT2D eigenvalue weighted by molar-refractivity contribution is 0.174. The van der Waals surface area contributed by atoms with Crippen LogP contribution in [0.1, 0.15) is 17.0 Å². The molecule has 0 atom stereocenters. The van der Waals surface area contributed by atoms with Crippen LogP contribution in [0.3, 0.4) is 0 Å². The number of aryl methyl sites for hydroxylation is 1. The maximum atomic E-state index is 5.90. The predicted octanol–water partition coefficient (Wildman–Crippen LogP) is 3.40. The third-order valence-corrected chi connectivity index (χ3v) is 5.73. The highest BCUT2D eigenvalue weighted by molar-refractivity contribution is 5.60. The molecular formula is C22H24N4O3. The first-order chi connectivity index (χ1) is 14.2. The van der Waals surface area contributed by atoms with E-state index < -0.39 is 0 Å². The van der Waals surface area contributed by atoms with Crippen LogP contribution in [0.5, 0.6) is 11.5 Å². The predicted molar refractivity (Wildman–Crippen MR) is 109 cm³/mol. The van der Waals surface area contributed by atoms with E-state index in [1.807, 2.05) is 18.2 Å². The number of piperazine rings is 1. The Kier molecular flexibility index (Phi) is 4.60. The van der Waals surface area contributed by atoms with Gasteiger partial charge in [-0.3, -0.25) is 4.90 Å². The Hall–Kier alpha value is -3.06. The average Bonchev–Trinajstić information content (AvgIpc) is 3.39. The van der Waals surface area contributed by atoms with E-state index in [1.54, 1.807) is 0 Å². The number of hydrogen-bond donors (Lipinski definition) is 0. The van der Waals surface area contributed by atoms with Crippen molar-refractivity contribution >= 4 is 5.69 Å². The number of benzene rings is 2. The zero-order valence-electron chi connectivity index (χ0n) is 16.7. The van der Waals surface area contributed by atoms with Crippen LogP contribution in [0.2, 0.25) is 0 Å². The molecule has 1 aromatic heterocycles. The van der Waals surface area contributed by atoms with Gasteiger partial charge in [-0.2, -0.15) is 0 Å². The molecule has 7 heteroatoms. The normalized spacial score (nSPS) is 16.4. The highest BCUT2D eigenvalue weighted by Gasteiger charge is 2.21. The largest absolute Gasteiger partial charge is 0.454 e. The van der Waals surface area contributed by atoms with Gasteiger partial charge in [-0.15, -0.1) is 10.2 Å². The van der Waals surface area contributed by atoms with Crippen LogP contribution in [0.15, 0.2) is 40.8 Å². The van der Waals surface area contributed by atoms with E-state index in [0.717, 1.165) is 37.5 Å². The van der Waals surface area contributed by atoms with Crippen molar-refractivity contribution < 1.29 is 13.9 Å². The number of rotatable bonds is 4. The fourth-order valence-electron chi connectivity index (χ4n) is 3.88. The highest BCUT2D eigenvalue weighted by atomic mass is 16.7. The highest BCUT2D eigenvalue weighted by Crippen LogP contribution is 2.35. The summed E-state index contributed by atoms with van der Waals surface area (Å²) in [4.78, 5) is 4.82. The van der Waals surface area contributed by atoms with Crippen molar-refractivity contribution in [3.05, 3.63) is 53.4 Å². The minimum atomic E-state index is 0.252. The molecule has 150 valence electrons. The summed E-state index contributed by atoms with van der Waals surface area (Å²) >= 11 is 0. The smallest absolute Gasteiger partial charge is 0.247 e. The molecule has 2 aromatic carbocycles. The Morgan fingerprint density at radius 2 is 1.76 bits per heavy atom. The standard InChI is InChI=1S/C22H24N4O3/c1-15-4-3-5-18(16(15)2)26-10-8-25(9-11-26)13-21-23-24-22(29-21)17-6-7-19-20(12-17)28-14-27-19/h3-7,12H,8-11,13-14H2,1-2H3. The molecule has 3 aromatic rings. The molecule has 0 radical (unpaired) electrons. The number of anilines is 1. The van der Waals surface area contributed by atoms with Gasteiger partial charge in [0.1, 0.15) is 0 Å². The number of hydrogen-bond acceptors (Lipinski definition) is 7. The van der Waals surface area contributed by atoms with E-state index in [-0.39, 0.29) is 6.79 Å². The van der Waals surface area contributed by atoms with Gasteiger partial charge in [0.25, 0.3) is 0 Å². The summed E-state index contributed by atoms with van der Waals surface area (Å²) in [5.41, 5.74) is 4.89. The fraction of sp³-hybridized carbons (Fsp3) is 0.364. The van der Waals surface area contributed by atoms with E-state index in [4.69, 9.17) is 13.9 Å². The number of aromatic nitrogens is 2. The van der Waals surface area contributed by atoms with Crippen LogP contribution < -0.4 is 14.4 Å².